The van der Waals surface area contributed by atoms with Gasteiger partial charge < -0.3 is 24.6 Å². The average Bonchev–Trinajstić information content (AvgIpc) is 2.93. The van der Waals surface area contributed by atoms with Gasteiger partial charge in [0.2, 0.25) is 5.91 Å². The number of carbonyl (C=O) groups is 3. The molecule has 0 bridgehead atoms. The Morgan fingerprint density at radius 1 is 1.03 bits per heavy atom. The van der Waals surface area contributed by atoms with E-state index in [0.29, 0.717) is 30.7 Å². The van der Waals surface area contributed by atoms with Gasteiger partial charge >= 0.3 is 0 Å². The zero-order valence-electron chi connectivity index (χ0n) is 21.3. The topological polar surface area (TPSA) is 88.2 Å². The van der Waals surface area contributed by atoms with Gasteiger partial charge in [-0.15, -0.1) is 0 Å². The van der Waals surface area contributed by atoms with E-state index < -0.39 is 17.5 Å². The van der Waals surface area contributed by atoms with Crippen LogP contribution < -0.4 is 10.1 Å². The van der Waals surface area contributed by atoms with Crippen LogP contribution in [0.5, 0.6) is 5.75 Å². The predicted octanol–water partition coefficient (Wildman–Crippen LogP) is 4.00. The van der Waals surface area contributed by atoms with Crippen LogP contribution >= 0.6 is 0 Å². The summed E-state index contributed by atoms with van der Waals surface area (Å²) in [5.74, 6) is -2.62. The first-order valence-corrected chi connectivity index (χ1v) is 13.0. The number of rotatable bonds is 4. The second kappa shape index (κ2) is 11.1. The molecule has 3 aliphatic heterocycles. The highest BCUT2D eigenvalue weighted by atomic mass is 19.2. The molecule has 0 radical (unpaired) electrons. The quantitative estimate of drug-likeness (QED) is 0.650. The number of fused-ring (bicyclic) bond motifs is 2. The summed E-state index contributed by atoms with van der Waals surface area (Å²) in [6, 6.07) is 7.33. The summed E-state index contributed by atoms with van der Waals surface area (Å²) in [4.78, 5) is 42.3. The summed E-state index contributed by atoms with van der Waals surface area (Å²) >= 11 is 0. The number of likely N-dealkylation sites (tertiary alicyclic amines) is 1. The standard InChI is InChI=1S/C28H31F2N3O5/c1-32-23-9-7-19(15-26(34)33-11-3-2-4-12-33)38-25(23)16-37-24-10-6-18(14-20(24)28(32)36)31-27(35)17-5-8-21(29)22(30)13-17/h5-6,8,10,13-14,19,23,25H,2-4,7,9,11-12,15-16H2,1H3,(H,31,35)/t19-,23-,25+/m1/s1. The fraction of sp³-hybridized carbons (Fsp3) is 0.464. The van der Waals surface area contributed by atoms with Gasteiger partial charge in [-0.1, -0.05) is 0 Å². The minimum absolute atomic E-state index is 0.0501. The number of piperidine rings is 1. The van der Waals surface area contributed by atoms with Crippen LogP contribution in [0.15, 0.2) is 36.4 Å². The number of nitrogens with zero attached hydrogens (tertiary/aromatic N) is 2. The molecule has 3 aliphatic rings. The number of ether oxygens (including phenoxy) is 2. The number of hydrogen-bond acceptors (Lipinski definition) is 5. The molecule has 38 heavy (non-hydrogen) atoms. The number of amides is 3. The molecule has 0 unspecified atom stereocenters. The van der Waals surface area contributed by atoms with Crippen molar-refractivity contribution in [2.45, 2.75) is 56.8 Å². The minimum atomic E-state index is -1.12. The number of carbonyl (C=O) groups excluding carboxylic acids is 3. The van der Waals surface area contributed by atoms with E-state index >= 15 is 0 Å². The molecule has 0 aliphatic carbocycles. The van der Waals surface area contributed by atoms with Crippen LogP contribution in [0.3, 0.4) is 0 Å². The van der Waals surface area contributed by atoms with Gasteiger partial charge in [0.15, 0.2) is 11.6 Å². The van der Waals surface area contributed by atoms with Crippen molar-refractivity contribution in [1.29, 1.82) is 0 Å². The van der Waals surface area contributed by atoms with Crippen molar-refractivity contribution in [3.05, 3.63) is 59.2 Å². The molecule has 10 heteroatoms. The van der Waals surface area contributed by atoms with E-state index in [0.717, 1.165) is 44.5 Å². The minimum Gasteiger partial charge on any atom is -0.490 e. The van der Waals surface area contributed by atoms with Gasteiger partial charge in [-0.05, 0) is 68.5 Å². The molecule has 3 heterocycles. The summed E-state index contributed by atoms with van der Waals surface area (Å²) in [7, 11) is 1.71. The highest BCUT2D eigenvalue weighted by Crippen LogP contribution is 2.33. The van der Waals surface area contributed by atoms with E-state index in [4.69, 9.17) is 9.47 Å². The molecule has 2 aromatic carbocycles. The maximum atomic E-state index is 13.5. The van der Waals surface area contributed by atoms with Gasteiger partial charge in [0, 0.05) is 31.4 Å². The third kappa shape index (κ3) is 5.50. The third-order valence-electron chi connectivity index (χ3n) is 7.56. The lowest BCUT2D eigenvalue weighted by Crippen LogP contribution is -2.54. The van der Waals surface area contributed by atoms with Crippen LogP contribution in [-0.2, 0) is 9.53 Å². The van der Waals surface area contributed by atoms with Gasteiger partial charge in [-0.2, -0.15) is 0 Å². The van der Waals surface area contributed by atoms with Crippen molar-refractivity contribution in [3.8, 4) is 5.75 Å². The fourth-order valence-electron chi connectivity index (χ4n) is 5.41. The van der Waals surface area contributed by atoms with E-state index in [1.54, 1.807) is 24.1 Å². The molecule has 202 valence electrons. The number of anilines is 1. The Bertz CT molecular complexity index is 1230. The van der Waals surface area contributed by atoms with E-state index in [1.807, 2.05) is 4.90 Å². The normalized spacial score (nSPS) is 23.4. The van der Waals surface area contributed by atoms with Crippen LogP contribution in [0.4, 0.5) is 14.5 Å². The van der Waals surface area contributed by atoms with Crippen molar-refractivity contribution in [1.82, 2.24) is 9.80 Å². The number of nitrogens with one attached hydrogen (secondary N) is 1. The molecular weight excluding hydrogens is 496 g/mol. The van der Waals surface area contributed by atoms with Crippen LogP contribution in [0.25, 0.3) is 0 Å². The Kier molecular flexibility index (Phi) is 7.60. The van der Waals surface area contributed by atoms with Crippen molar-refractivity contribution in [3.63, 3.8) is 0 Å². The Hall–Kier alpha value is -3.53. The molecule has 3 amide bonds. The van der Waals surface area contributed by atoms with Gasteiger partial charge in [0.1, 0.15) is 18.5 Å². The number of likely N-dealkylation sites (N-methyl/N-ethyl adjacent to an activating group) is 1. The molecule has 2 saturated heterocycles. The van der Waals surface area contributed by atoms with Gasteiger partial charge in [0.25, 0.3) is 11.8 Å². The summed E-state index contributed by atoms with van der Waals surface area (Å²) in [5.41, 5.74) is 0.541. The highest BCUT2D eigenvalue weighted by Gasteiger charge is 2.39. The van der Waals surface area contributed by atoms with E-state index in [2.05, 4.69) is 5.32 Å². The van der Waals surface area contributed by atoms with Crippen LogP contribution in [0.2, 0.25) is 0 Å². The second-order valence-electron chi connectivity index (χ2n) is 10.1. The Morgan fingerprint density at radius 2 is 1.82 bits per heavy atom. The first kappa shape index (κ1) is 26.1. The number of hydrogen-bond donors (Lipinski definition) is 1. The molecular formula is C28H31F2N3O5. The zero-order chi connectivity index (χ0) is 26.8. The molecule has 2 fully saturated rings. The zero-order valence-corrected chi connectivity index (χ0v) is 21.3. The van der Waals surface area contributed by atoms with Crippen molar-refractivity contribution >= 4 is 23.4 Å². The Balaban J connectivity index is 1.27. The smallest absolute Gasteiger partial charge is 0.257 e. The van der Waals surface area contributed by atoms with Crippen molar-refractivity contribution in [2.24, 2.45) is 0 Å². The fourth-order valence-corrected chi connectivity index (χ4v) is 5.41. The van der Waals surface area contributed by atoms with Gasteiger partial charge in [0.05, 0.1) is 24.1 Å². The average molecular weight is 528 g/mol. The molecule has 0 saturated carbocycles. The summed E-state index contributed by atoms with van der Waals surface area (Å²) in [6.07, 6.45) is 4.32. The molecule has 5 rings (SSSR count). The van der Waals surface area contributed by atoms with Crippen LogP contribution in [0.1, 0.15) is 59.2 Å². The third-order valence-corrected chi connectivity index (χ3v) is 7.56. The van der Waals surface area contributed by atoms with E-state index in [-0.39, 0.29) is 47.8 Å². The molecule has 0 spiro atoms. The number of benzene rings is 2. The van der Waals surface area contributed by atoms with E-state index in [9.17, 15) is 23.2 Å². The largest absolute Gasteiger partial charge is 0.490 e. The lowest BCUT2D eigenvalue weighted by Gasteiger charge is -2.42. The second-order valence-corrected chi connectivity index (χ2v) is 10.1. The summed E-state index contributed by atoms with van der Waals surface area (Å²) in [6.45, 7) is 1.82. The maximum Gasteiger partial charge on any atom is 0.257 e. The molecule has 8 nitrogen and oxygen atoms in total. The highest BCUT2D eigenvalue weighted by molar-refractivity contribution is 6.05. The van der Waals surface area contributed by atoms with Gasteiger partial charge in [-0.25, -0.2) is 8.78 Å². The Labute approximate surface area is 219 Å². The lowest BCUT2D eigenvalue weighted by molar-refractivity contribution is -0.143. The van der Waals surface area contributed by atoms with Gasteiger partial charge in [-0.3, -0.25) is 14.4 Å². The SMILES string of the molecule is CN1C(=O)c2cc(NC(=O)c3ccc(F)c(F)c3)ccc2OC[C@@H]2O[C@@H](CC(=O)N3CCCCC3)CC[C@H]21. The van der Waals surface area contributed by atoms with Crippen LogP contribution in [0, 0.1) is 11.6 Å². The lowest BCUT2D eigenvalue weighted by atomic mass is 9.94. The maximum absolute atomic E-state index is 13.5. The van der Waals surface area contributed by atoms with Crippen molar-refractivity contribution < 1.29 is 32.6 Å². The molecule has 0 aromatic heterocycles. The van der Waals surface area contributed by atoms with E-state index in [1.165, 1.54) is 12.1 Å². The monoisotopic (exact) mass is 527 g/mol. The molecule has 2 aromatic rings. The first-order valence-electron chi connectivity index (χ1n) is 13.0. The summed E-state index contributed by atoms with van der Waals surface area (Å²) in [5, 5.41) is 2.62. The van der Waals surface area contributed by atoms with Crippen molar-refractivity contribution in [2.75, 3.05) is 32.1 Å². The predicted molar refractivity (Wildman–Crippen MR) is 135 cm³/mol. The summed E-state index contributed by atoms with van der Waals surface area (Å²) < 4.78 is 39.0. The number of halogens is 2. The Morgan fingerprint density at radius 3 is 2.58 bits per heavy atom. The molecule has 1 N–H and O–H groups in total. The molecule has 3 atom stereocenters. The van der Waals surface area contributed by atoms with Crippen LogP contribution in [-0.4, -0.2) is 72.5 Å². The first-order chi connectivity index (χ1) is 18.3.